The van der Waals surface area contributed by atoms with Crippen LogP contribution < -0.4 is 5.73 Å². The summed E-state index contributed by atoms with van der Waals surface area (Å²) in [5.41, 5.74) is -0.496. The van der Waals surface area contributed by atoms with E-state index in [1.807, 2.05) is 0 Å². The average molecular weight is 708 g/mol. The van der Waals surface area contributed by atoms with E-state index in [4.69, 9.17) is 24.7 Å². The van der Waals surface area contributed by atoms with Crippen LogP contribution >= 0.6 is 0 Å². The number of carbonyl (C=O) groups excluding carboxylic acids is 4. The summed E-state index contributed by atoms with van der Waals surface area (Å²) in [4.78, 5) is 55.0. The van der Waals surface area contributed by atoms with Crippen LogP contribution in [0.5, 0.6) is 0 Å². The molecule has 6 rings (SSSR count). The number of nitrogens with two attached hydrogens (primary N) is 1. The highest BCUT2D eigenvalue weighted by Gasteiger charge is 2.78. The molecule has 11 atom stereocenters. The third kappa shape index (κ3) is 5.53. The predicted molar refractivity (Wildman–Crippen MR) is 178 cm³/mol. The Morgan fingerprint density at radius 2 is 1.59 bits per heavy atom. The van der Waals surface area contributed by atoms with Crippen LogP contribution in [0.3, 0.4) is 0 Å². The number of ketones is 1. The van der Waals surface area contributed by atoms with E-state index in [9.17, 15) is 39.6 Å². The Morgan fingerprint density at radius 3 is 2.16 bits per heavy atom. The van der Waals surface area contributed by atoms with Gasteiger partial charge in [0.25, 0.3) is 0 Å². The Kier molecular flexibility index (Phi) is 9.31. The molecule has 2 aromatic carbocycles. The van der Waals surface area contributed by atoms with E-state index in [2.05, 4.69) is 0 Å². The average Bonchev–Trinajstić information content (AvgIpc) is 3.09. The summed E-state index contributed by atoms with van der Waals surface area (Å²) in [6, 6.07) is 15.2. The fourth-order valence-corrected chi connectivity index (χ4v) is 8.99. The van der Waals surface area contributed by atoms with Crippen LogP contribution in [0.4, 0.5) is 0 Å². The van der Waals surface area contributed by atoms with Gasteiger partial charge < -0.3 is 45.1 Å². The molecule has 6 N–H and O–H groups in total. The maximum Gasteiger partial charge on any atom is 0.338 e. The largest absolute Gasteiger partial charge is 0.456 e. The Balaban J connectivity index is 1.53. The third-order valence-electron chi connectivity index (χ3n) is 11.9. The monoisotopic (exact) mass is 707 g/mol. The van der Waals surface area contributed by atoms with Crippen molar-refractivity contribution >= 4 is 23.7 Å². The molecule has 2 aromatic rings. The molecule has 1 aliphatic heterocycles. The van der Waals surface area contributed by atoms with E-state index in [0.29, 0.717) is 5.56 Å². The van der Waals surface area contributed by atoms with Crippen molar-refractivity contribution in [3.63, 3.8) is 0 Å². The van der Waals surface area contributed by atoms with Crippen molar-refractivity contribution in [1.29, 1.82) is 0 Å². The Morgan fingerprint density at radius 1 is 0.980 bits per heavy atom. The predicted octanol–water partition coefficient (Wildman–Crippen LogP) is 1.69. The van der Waals surface area contributed by atoms with Gasteiger partial charge in [0.15, 0.2) is 17.5 Å². The Hall–Kier alpha value is -3.98. The summed E-state index contributed by atoms with van der Waals surface area (Å²) < 4.78 is 23.9. The number of hydrogen-bond donors (Lipinski definition) is 5. The molecule has 51 heavy (non-hydrogen) atoms. The van der Waals surface area contributed by atoms with E-state index in [-0.39, 0.29) is 29.7 Å². The molecule has 2 saturated carbocycles. The van der Waals surface area contributed by atoms with Gasteiger partial charge in [-0.05, 0) is 42.7 Å². The molecule has 1 saturated heterocycles. The number of Topliss-reactive ketones (excluding diaryl/α,β-unsaturated/α-hetero) is 1. The molecule has 3 aliphatic carbocycles. The maximum atomic E-state index is 14.8. The second-order valence-electron chi connectivity index (χ2n) is 15.0. The van der Waals surface area contributed by atoms with Crippen LogP contribution in [-0.2, 0) is 33.3 Å². The lowest BCUT2D eigenvalue weighted by molar-refractivity contribution is -0.346. The summed E-state index contributed by atoms with van der Waals surface area (Å²) in [6.07, 6.45) is -9.94. The van der Waals surface area contributed by atoms with E-state index in [1.165, 1.54) is 32.9 Å². The molecule has 274 valence electrons. The van der Waals surface area contributed by atoms with E-state index in [0.717, 1.165) is 0 Å². The van der Waals surface area contributed by atoms with Gasteiger partial charge in [0.1, 0.15) is 30.0 Å². The van der Waals surface area contributed by atoms with Gasteiger partial charge in [-0.15, -0.1) is 0 Å². The zero-order valence-corrected chi connectivity index (χ0v) is 29.1. The molecule has 1 heterocycles. The lowest BCUT2D eigenvalue weighted by atomic mass is 9.44. The van der Waals surface area contributed by atoms with Crippen LogP contribution in [0, 0.1) is 16.7 Å². The summed E-state index contributed by atoms with van der Waals surface area (Å²) >= 11 is 0. The van der Waals surface area contributed by atoms with Crippen LogP contribution in [0.25, 0.3) is 0 Å². The minimum atomic E-state index is -2.28. The Bertz CT molecular complexity index is 1750. The van der Waals surface area contributed by atoms with Gasteiger partial charge in [0.2, 0.25) is 0 Å². The SMILES string of the molecule is CC(=O)O[C@@]12CO[C@@H]1C[C@H](O)[C@@]1(C)C(=O)[C@H](O)C3=C(C)[C@@H](OC(=O)[C@H](O)[C@@H](N)c4ccccc4)C[C@@](O)(C(OC(=O)c4ccccc4)C12)C3(C)C. The molecule has 3 fully saturated rings. The van der Waals surface area contributed by atoms with Crippen molar-refractivity contribution in [2.24, 2.45) is 22.5 Å². The molecule has 2 unspecified atom stereocenters. The molecule has 0 spiro atoms. The molecule has 0 radical (unpaired) electrons. The number of fused-ring (bicyclic) bond motifs is 5. The first-order valence-electron chi connectivity index (χ1n) is 17.0. The molecule has 0 aromatic heterocycles. The number of esters is 3. The fraction of sp³-hybridized carbons (Fsp3) is 0.526. The summed E-state index contributed by atoms with van der Waals surface area (Å²) in [7, 11) is 0. The first-order valence-corrected chi connectivity index (χ1v) is 17.0. The highest BCUT2D eigenvalue weighted by molar-refractivity contribution is 5.94. The van der Waals surface area contributed by atoms with Crippen LogP contribution in [0.1, 0.15) is 69.4 Å². The Labute approximate surface area is 295 Å². The second-order valence-corrected chi connectivity index (χ2v) is 15.0. The maximum absolute atomic E-state index is 14.8. The minimum Gasteiger partial charge on any atom is -0.456 e. The number of aliphatic hydroxyl groups is 4. The van der Waals surface area contributed by atoms with Crippen molar-refractivity contribution in [3.8, 4) is 0 Å². The third-order valence-corrected chi connectivity index (χ3v) is 11.9. The van der Waals surface area contributed by atoms with Crippen molar-refractivity contribution in [2.45, 2.75) is 101 Å². The quantitative estimate of drug-likeness (QED) is 0.158. The van der Waals surface area contributed by atoms with Gasteiger partial charge in [0.05, 0.1) is 35.6 Å². The number of carbonyl (C=O) groups is 4. The minimum absolute atomic E-state index is 0.0120. The summed E-state index contributed by atoms with van der Waals surface area (Å²) in [5.74, 6) is -5.10. The van der Waals surface area contributed by atoms with Crippen LogP contribution in [0.2, 0.25) is 0 Å². The summed E-state index contributed by atoms with van der Waals surface area (Å²) in [6.45, 7) is 6.99. The number of hydrogen-bond acceptors (Lipinski definition) is 13. The normalized spacial score (nSPS) is 36.5. The molecule has 13 nitrogen and oxygen atoms in total. The van der Waals surface area contributed by atoms with Crippen molar-refractivity contribution in [1.82, 2.24) is 0 Å². The van der Waals surface area contributed by atoms with Crippen molar-refractivity contribution in [2.75, 3.05) is 6.61 Å². The first kappa shape index (κ1) is 36.8. The fourth-order valence-electron chi connectivity index (χ4n) is 8.99. The van der Waals surface area contributed by atoms with Crippen molar-refractivity contribution < 1.29 is 58.6 Å². The molecule has 0 amide bonds. The van der Waals surface area contributed by atoms with E-state index >= 15 is 0 Å². The van der Waals surface area contributed by atoms with Crippen LogP contribution in [0.15, 0.2) is 71.8 Å². The van der Waals surface area contributed by atoms with Gasteiger partial charge in [0, 0.05) is 25.2 Å². The number of benzene rings is 2. The van der Waals surface area contributed by atoms with Gasteiger partial charge in [-0.3, -0.25) is 9.59 Å². The van der Waals surface area contributed by atoms with E-state index in [1.54, 1.807) is 62.4 Å². The lowest BCUT2D eigenvalue weighted by Gasteiger charge is -2.67. The zero-order valence-electron chi connectivity index (χ0n) is 29.1. The van der Waals surface area contributed by atoms with E-state index < -0.39 is 101 Å². The molecular formula is C38H45NO12. The topological polar surface area (TPSA) is 212 Å². The lowest BCUT2D eigenvalue weighted by Crippen LogP contribution is -2.81. The second kappa shape index (κ2) is 12.9. The van der Waals surface area contributed by atoms with Gasteiger partial charge >= 0.3 is 17.9 Å². The van der Waals surface area contributed by atoms with Gasteiger partial charge in [-0.2, -0.15) is 0 Å². The molecular weight excluding hydrogens is 662 g/mol. The number of ether oxygens (including phenoxy) is 4. The van der Waals surface area contributed by atoms with Crippen molar-refractivity contribution in [3.05, 3.63) is 82.9 Å². The smallest absolute Gasteiger partial charge is 0.338 e. The first-order chi connectivity index (χ1) is 23.9. The molecule has 13 heteroatoms. The van der Waals surface area contributed by atoms with Gasteiger partial charge in [-0.1, -0.05) is 62.4 Å². The summed E-state index contributed by atoms with van der Waals surface area (Å²) in [5, 5.41) is 48.0. The zero-order chi connectivity index (χ0) is 37.3. The molecule has 2 bridgehead atoms. The highest BCUT2D eigenvalue weighted by atomic mass is 16.6. The number of aliphatic hydroxyl groups excluding tert-OH is 3. The number of rotatable bonds is 7. The van der Waals surface area contributed by atoms with Gasteiger partial charge in [-0.25, -0.2) is 9.59 Å². The standard InChI is InChI=1S/C38H45NO12/c1-19-23(49-34(46)29(43)27(39)21-12-8-6-9-13-21)17-38(47)32(50-33(45)22-14-10-7-11-15-22)30-36(5,31(44)28(42)26(19)35(38,3)4)24(41)16-25-37(30,18-48-25)51-20(2)40/h6-15,23-25,27-30,32,41-43,47H,16-18,39H2,1-5H3/t23-,24-,25+,27-,28+,29+,30?,32?,36+,37-,38+/m0/s1. The van der Waals surface area contributed by atoms with Crippen LogP contribution in [-0.4, -0.2) is 98.6 Å². The highest BCUT2D eigenvalue weighted by Crippen LogP contribution is 2.64. The molecule has 4 aliphatic rings.